The average molecular weight is 283 g/mol. The first-order valence-corrected chi connectivity index (χ1v) is 8.76. The Bertz CT molecular complexity index is 252. The molecule has 3 nitrogen and oxygen atoms in total. The van der Waals surface area contributed by atoms with E-state index in [1.165, 1.54) is 38.5 Å². The van der Waals surface area contributed by atoms with Gasteiger partial charge in [-0.3, -0.25) is 0 Å². The molecule has 1 saturated heterocycles. The van der Waals surface area contributed by atoms with E-state index in [4.69, 9.17) is 9.47 Å². The maximum atomic E-state index is 6.30. The molecule has 1 heterocycles. The standard InChI is InChI=1S/C17H33NO2/c1-3-11-18-16(14-15-7-5-6-8-15)17(20-4-2)9-12-19-13-10-17/h15-16,18H,3-14H2,1-2H3. The van der Waals surface area contributed by atoms with E-state index in [0.717, 1.165) is 45.1 Å². The van der Waals surface area contributed by atoms with Crippen molar-refractivity contribution in [2.45, 2.75) is 76.9 Å². The fraction of sp³-hybridized carbons (Fsp3) is 1.00. The Morgan fingerprint density at radius 3 is 2.50 bits per heavy atom. The summed E-state index contributed by atoms with van der Waals surface area (Å²) in [5, 5.41) is 3.81. The van der Waals surface area contributed by atoms with Crippen molar-refractivity contribution in [3.05, 3.63) is 0 Å². The van der Waals surface area contributed by atoms with Gasteiger partial charge in [-0.05, 0) is 32.2 Å². The minimum absolute atomic E-state index is 0.0186. The molecule has 2 rings (SSSR count). The number of hydrogen-bond acceptors (Lipinski definition) is 3. The van der Waals surface area contributed by atoms with Crippen LogP contribution in [0.25, 0.3) is 0 Å². The summed E-state index contributed by atoms with van der Waals surface area (Å²) in [4.78, 5) is 0. The third kappa shape index (κ3) is 4.19. The minimum Gasteiger partial charge on any atom is -0.381 e. The molecule has 0 bridgehead atoms. The quantitative estimate of drug-likeness (QED) is 0.739. The Balaban J connectivity index is 2.03. The lowest BCUT2D eigenvalue weighted by molar-refractivity contribution is -0.129. The highest BCUT2D eigenvalue weighted by Gasteiger charge is 2.41. The molecule has 0 aromatic heterocycles. The third-order valence-electron chi connectivity index (χ3n) is 5.09. The zero-order chi connectivity index (χ0) is 14.3. The predicted octanol–water partition coefficient (Wildman–Crippen LogP) is 3.52. The van der Waals surface area contributed by atoms with Gasteiger partial charge in [0.05, 0.1) is 5.60 Å². The lowest BCUT2D eigenvalue weighted by Gasteiger charge is -2.44. The van der Waals surface area contributed by atoms with Crippen LogP contribution in [0.1, 0.15) is 65.2 Å². The normalized spacial score (nSPS) is 24.9. The molecule has 0 aromatic carbocycles. The first-order chi connectivity index (χ1) is 9.80. The molecule has 0 aromatic rings. The summed E-state index contributed by atoms with van der Waals surface area (Å²) in [5.74, 6) is 0.907. The van der Waals surface area contributed by atoms with Crippen molar-refractivity contribution >= 4 is 0 Å². The van der Waals surface area contributed by atoms with Gasteiger partial charge in [-0.15, -0.1) is 0 Å². The highest BCUT2D eigenvalue weighted by Crippen LogP contribution is 2.36. The maximum absolute atomic E-state index is 6.30. The van der Waals surface area contributed by atoms with Gasteiger partial charge in [0.15, 0.2) is 0 Å². The van der Waals surface area contributed by atoms with E-state index in [1.54, 1.807) is 0 Å². The molecule has 3 heteroatoms. The number of ether oxygens (including phenoxy) is 2. The summed E-state index contributed by atoms with van der Waals surface area (Å²) >= 11 is 0. The fourth-order valence-electron chi connectivity index (χ4n) is 3.98. The molecule has 2 aliphatic rings. The average Bonchev–Trinajstić information content (AvgIpc) is 2.97. The van der Waals surface area contributed by atoms with Crippen LogP contribution in [0.15, 0.2) is 0 Å². The summed E-state index contributed by atoms with van der Waals surface area (Å²) in [7, 11) is 0. The Labute approximate surface area is 124 Å². The van der Waals surface area contributed by atoms with Crippen molar-refractivity contribution in [3.8, 4) is 0 Å². The molecule has 1 atom stereocenters. The molecule has 0 spiro atoms. The second kappa shape index (κ2) is 8.35. The van der Waals surface area contributed by atoms with E-state index >= 15 is 0 Å². The molecule has 0 radical (unpaired) electrons. The van der Waals surface area contributed by atoms with E-state index in [9.17, 15) is 0 Å². The Hall–Kier alpha value is -0.120. The van der Waals surface area contributed by atoms with Crippen LogP contribution in [0.4, 0.5) is 0 Å². The van der Waals surface area contributed by atoms with Gasteiger partial charge in [0, 0.05) is 38.7 Å². The zero-order valence-corrected chi connectivity index (χ0v) is 13.5. The first kappa shape index (κ1) is 16.3. The fourth-order valence-corrected chi connectivity index (χ4v) is 3.98. The van der Waals surface area contributed by atoms with Gasteiger partial charge in [0.1, 0.15) is 0 Å². The lowest BCUT2D eigenvalue weighted by atomic mass is 9.80. The molecule has 118 valence electrons. The summed E-state index contributed by atoms with van der Waals surface area (Å²) in [6.45, 7) is 8.01. The molecule has 1 N–H and O–H groups in total. The van der Waals surface area contributed by atoms with Crippen molar-refractivity contribution in [2.24, 2.45) is 5.92 Å². The molecule has 2 fully saturated rings. The molecule has 1 aliphatic carbocycles. The van der Waals surface area contributed by atoms with E-state index < -0.39 is 0 Å². The second-order valence-corrected chi connectivity index (χ2v) is 6.50. The van der Waals surface area contributed by atoms with Crippen LogP contribution >= 0.6 is 0 Å². The molecule has 20 heavy (non-hydrogen) atoms. The third-order valence-corrected chi connectivity index (χ3v) is 5.09. The second-order valence-electron chi connectivity index (χ2n) is 6.50. The monoisotopic (exact) mass is 283 g/mol. The van der Waals surface area contributed by atoms with Crippen molar-refractivity contribution in [3.63, 3.8) is 0 Å². The summed E-state index contributed by atoms with van der Waals surface area (Å²) in [6.07, 6.45) is 10.3. The highest BCUT2D eigenvalue weighted by atomic mass is 16.5. The van der Waals surface area contributed by atoms with Gasteiger partial charge < -0.3 is 14.8 Å². The van der Waals surface area contributed by atoms with E-state index in [1.807, 2.05) is 0 Å². The Kier molecular flexibility index (Phi) is 6.79. The molecular formula is C17H33NO2. The van der Waals surface area contributed by atoms with Crippen LogP contribution in [0.2, 0.25) is 0 Å². The zero-order valence-electron chi connectivity index (χ0n) is 13.5. The number of nitrogens with one attached hydrogen (secondary N) is 1. The van der Waals surface area contributed by atoms with Crippen LogP contribution < -0.4 is 5.32 Å². The number of rotatable bonds is 8. The van der Waals surface area contributed by atoms with Gasteiger partial charge in [0.25, 0.3) is 0 Å². The minimum atomic E-state index is 0.0186. The predicted molar refractivity (Wildman–Crippen MR) is 83.1 cm³/mol. The van der Waals surface area contributed by atoms with E-state index in [-0.39, 0.29) is 5.60 Å². The van der Waals surface area contributed by atoms with Crippen LogP contribution in [-0.4, -0.2) is 38.0 Å². The van der Waals surface area contributed by atoms with Crippen LogP contribution in [0.5, 0.6) is 0 Å². The molecule has 1 unspecified atom stereocenters. The Morgan fingerprint density at radius 2 is 1.90 bits per heavy atom. The van der Waals surface area contributed by atoms with Gasteiger partial charge in [-0.25, -0.2) is 0 Å². The van der Waals surface area contributed by atoms with Crippen molar-refractivity contribution in [1.82, 2.24) is 5.32 Å². The molecule has 1 aliphatic heterocycles. The molecular weight excluding hydrogens is 250 g/mol. The van der Waals surface area contributed by atoms with Crippen LogP contribution in [-0.2, 0) is 9.47 Å². The Morgan fingerprint density at radius 1 is 1.20 bits per heavy atom. The van der Waals surface area contributed by atoms with Crippen LogP contribution in [0.3, 0.4) is 0 Å². The summed E-state index contributed by atoms with van der Waals surface area (Å²) < 4.78 is 11.9. The van der Waals surface area contributed by atoms with Gasteiger partial charge >= 0.3 is 0 Å². The van der Waals surface area contributed by atoms with Gasteiger partial charge in [-0.2, -0.15) is 0 Å². The lowest BCUT2D eigenvalue weighted by Crippen LogP contribution is -2.56. The van der Waals surface area contributed by atoms with E-state index in [0.29, 0.717) is 6.04 Å². The smallest absolute Gasteiger partial charge is 0.0878 e. The van der Waals surface area contributed by atoms with Gasteiger partial charge in [0.2, 0.25) is 0 Å². The topological polar surface area (TPSA) is 30.5 Å². The number of hydrogen-bond donors (Lipinski definition) is 1. The SMILES string of the molecule is CCCNC(CC1CCCC1)C1(OCC)CCOCC1. The van der Waals surface area contributed by atoms with Crippen molar-refractivity contribution < 1.29 is 9.47 Å². The van der Waals surface area contributed by atoms with Crippen molar-refractivity contribution in [2.75, 3.05) is 26.4 Å². The van der Waals surface area contributed by atoms with Gasteiger partial charge in [-0.1, -0.05) is 32.6 Å². The van der Waals surface area contributed by atoms with E-state index in [2.05, 4.69) is 19.2 Å². The van der Waals surface area contributed by atoms with Crippen molar-refractivity contribution in [1.29, 1.82) is 0 Å². The molecule has 1 saturated carbocycles. The largest absolute Gasteiger partial charge is 0.381 e. The summed E-state index contributed by atoms with van der Waals surface area (Å²) in [6, 6.07) is 0.509. The first-order valence-electron chi connectivity index (χ1n) is 8.76. The highest BCUT2D eigenvalue weighted by molar-refractivity contribution is 4.96. The molecule has 0 amide bonds. The summed E-state index contributed by atoms with van der Waals surface area (Å²) in [5.41, 5.74) is 0.0186. The maximum Gasteiger partial charge on any atom is 0.0878 e. The van der Waals surface area contributed by atoms with Crippen LogP contribution in [0, 0.1) is 5.92 Å².